The average Bonchev–Trinajstić information content (AvgIpc) is 2.30. The minimum absolute atomic E-state index is 0.188. The molecule has 0 saturated heterocycles. The molecule has 0 saturated carbocycles. The van der Waals surface area contributed by atoms with Crippen LogP contribution < -0.4 is 15.4 Å². The molecule has 0 aliphatic carbocycles. The number of benzene rings is 1. The number of hydrogen-bond donors (Lipinski definition) is 2. The van der Waals surface area contributed by atoms with Crippen LogP contribution in [0.5, 0.6) is 5.75 Å². The van der Waals surface area contributed by atoms with Gasteiger partial charge in [0.15, 0.2) is 5.11 Å². The standard InChI is InChI=1S/C13H18N2O2S/c1-3-4-9-17-12-7-5-11(6-8-12)15-13(18)14-10(2)16/h5-8H,3-4,9H2,1-2H3,(H2,14,15,16,18). The summed E-state index contributed by atoms with van der Waals surface area (Å²) in [6, 6.07) is 7.45. The van der Waals surface area contributed by atoms with Gasteiger partial charge >= 0.3 is 0 Å². The topological polar surface area (TPSA) is 50.4 Å². The molecule has 18 heavy (non-hydrogen) atoms. The zero-order chi connectivity index (χ0) is 13.4. The molecule has 0 atom stereocenters. The summed E-state index contributed by atoms with van der Waals surface area (Å²) in [5.74, 6) is 0.645. The molecule has 98 valence electrons. The zero-order valence-corrected chi connectivity index (χ0v) is 11.5. The maximum absolute atomic E-state index is 10.8. The van der Waals surface area contributed by atoms with Gasteiger partial charge in [-0.05, 0) is 42.9 Å². The van der Waals surface area contributed by atoms with Gasteiger partial charge in [0.2, 0.25) is 5.91 Å². The van der Waals surface area contributed by atoms with Gasteiger partial charge in [-0.25, -0.2) is 0 Å². The van der Waals surface area contributed by atoms with Crippen molar-refractivity contribution in [2.75, 3.05) is 11.9 Å². The third-order valence-corrected chi connectivity index (χ3v) is 2.37. The lowest BCUT2D eigenvalue weighted by Gasteiger charge is -2.09. The minimum Gasteiger partial charge on any atom is -0.494 e. The minimum atomic E-state index is -0.188. The number of anilines is 1. The molecule has 0 spiro atoms. The second kappa shape index (κ2) is 7.66. The highest BCUT2D eigenvalue weighted by molar-refractivity contribution is 7.80. The average molecular weight is 266 g/mol. The summed E-state index contributed by atoms with van der Waals surface area (Å²) in [6.07, 6.45) is 2.16. The van der Waals surface area contributed by atoms with E-state index in [1.54, 1.807) is 0 Å². The number of carbonyl (C=O) groups is 1. The van der Waals surface area contributed by atoms with Gasteiger partial charge in [-0.3, -0.25) is 4.79 Å². The largest absolute Gasteiger partial charge is 0.494 e. The number of unbranched alkanes of at least 4 members (excludes halogenated alkanes) is 1. The first-order valence-electron chi connectivity index (χ1n) is 5.93. The van der Waals surface area contributed by atoms with Crippen LogP contribution in [0.1, 0.15) is 26.7 Å². The van der Waals surface area contributed by atoms with Crippen molar-refractivity contribution in [2.45, 2.75) is 26.7 Å². The number of rotatable bonds is 5. The van der Waals surface area contributed by atoms with E-state index >= 15 is 0 Å². The second-order valence-electron chi connectivity index (χ2n) is 3.86. The molecule has 1 aromatic rings. The Morgan fingerprint density at radius 2 is 2.00 bits per heavy atom. The predicted octanol–water partition coefficient (Wildman–Crippen LogP) is 2.70. The predicted molar refractivity (Wildman–Crippen MR) is 76.9 cm³/mol. The third kappa shape index (κ3) is 5.63. The zero-order valence-electron chi connectivity index (χ0n) is 10.7. The maximum Gasteiger partial charge on any atom is 0.222 e. The first kappa shape index (κ1) is 14.4. The van der Waals surface area contributed by atoms with Crippen molar-refractivity contribution in [3.63, 3.8) is 0 Å². The van der Waals surface area contributed by atoms with E-state index in [0.717, 1.165) is 30.9 Å². The van der Waals surface area contributed by atoms with Crippen molar-refractivity contribution in [3.05, 3.63) is 24.3 Å². The number of thiocarbonyl (C=S) groups is 1. The molecule has 0 aliphatic heterocycles. The lowest BCUT2D eigenvalue weighted by molar-refractivity contribution is -0.117. The van der Waals surface area contributed by atoms with Crippen LogP contribution in [0.25, 0.3) is 0 Å². The van der Waals surface area contributed by atoms with Crippen LogP contribution in [-0.4, -0.2) is 17.6 Å². The molecule has 0 bridgehead atoms. The Morgan fingerprint density at radius 3 is 2.56 bits per heavy atom. The SMILES string of the molecule is CCCCOc1ccc(NC(=S)NC(C)=O)cc1. The quantitative estimate of drug-likeness (QED) is 0.635. The molecule has 1 aromatic carbocycles. The van der Waals surface area contributed by atoms with Crippen molar-refractivity contribution in [1.82, 2.24) is 5.32 Å². The lowest BCUT2D eigenvalue weighted by Crippen LogP contribution is -2.32. The van der Waals surface area contributed by atoms with E-state index in [4.69, 9.17) is 17.0 Å². The van der Waals surface area contributed by atoms with E-state index in [-0.39, 0.29) is 5.91 Å². The van der Waals surface area contributed by atoms with Gasteiger partial charge < -0.3 is 15.4 Å². The van der Waals surface area contributed by atoms with E-state index in [1.165, 1.54) is 6.92 Å². The fourth-order valence-corrected chi connectivity index (χ4v) is 1.55. The molecule has 0 unspecified atom stereocenters. The smallest absolute Gasteiger partial charge is 0.222 e. The number of nitrogens with one attached hydrogen (secondary N) is 2. The highest BCUT2D eigenvalue weighted by Gasteiger charge is 2.00. The summed E-state index contributed by atoms with van der Waals surface area (Å²) in [6.45, 7) is 4.27. The normalized spacial score (nSPS) is 9.67. The Kier molecular flexibility index (Phi) is 6.14. The Labute approximate surface area is 113 Å². The number of carbonyl (C=O) groups excluding carboxylic acids is 1. The molecule has 2 N–H and O–H groups in total. The fourth-order valence-electron chi connectivity index (χ4n) is 1.29. The van der Waals surface area contributed by atoms with Crippen LogP contribution in [-0.2, 0) is 4.79 Å². The van der Waals surface area contributed by atoms with Crippen LogP contribution in [0.3, 0.4) is 0 Å². The molecular formula is C13H18N2O2S. The summed E-state index contributed by atoms with van der Waals surface area (Å²) in [5, 5.41) is 5.70. The van der Waals surface area contributed by atoms with Crippen LogP contribution in [0.15, 0.2) is 24.3 Å². The first-order valence-corrected chi connectivity index (χ1v) is 6.34. The van der Waals surface area contributed by atoms with Crippen LogP contribution >= 0.6 is 12.2 Å². The van der Waals surface area contributed by atoms with Crippen LogP contribution in [0.2, 0.25) is 0 Å². The lowest BCUT2D eigenvalue weighted by atomic mass is 10.3. The molecule has 1 amide bonds. The fraction of sp³-hybridized carbons (Fsp3) is 0.385. The number of ether oxygens (including phenoxy) is 1. The Morgan fingerprint density at radius 1 is 1.33 bits per heavy atom. The van der Waals surface area contributed by atoms with Gasteiger partial charge in [0.1, 0.15) is 5.75 Å². The van der Waals surface area contributed by atoms with Crippen LogP contribution in [0.4, 0.5) is 5.69 Å². The van der Waals surface area contributed by atoms with Crippen molar-refractivity contribution in [2.24, 2.45) is 0 Å². The molecule has 0 aromatic heterocycles. The van der Waals surface area contributed by atoms with Gasteiger partial charge in [0.25, 0.3) is 0 Å². The Hall–Kier alpha value is -1.62. The monoisotopic (exact) mass is 266 g/mol. The molecule has 1 rings (SSSR count). The first-order chi connectivity index (χ1) is 8.61. The van der Waals surface area contributed by atoms with Crippen molar-refractivity contribution in [3.8, 4) is 5.75 Å². The highest BCUT2D eigenvalue weighted by Crippen LogP contribution is 2.15. The molecule has 0 heterocycles. The number of amides is 1. The molecule has 0 aliphatic rings. The highest BCUT2D eigenvalue weighted by atomic mass is 32.1. The summed E-state index contributed by atoms with van der Waals surface area (Å²) in [7, 11) is 0. The van der Waals surface area contributed by atoms with Crippen molar-refractivity contribution >= 4 is 28.9 Å². The third-order valence-electron chi connectivity index (χ3n) is 2.17. The second-order valence-corrected chi connectivity index (χ2v) is 4.27. The molecule has 5 heteroatoms. The Bertz CT molecular complexity index is 404. The molecule has 4 nitrogen and oxygen atoms in total. The number of hydrogen-bond acceptors (Lipinski definition) is 3. The van der Waals surface area contributed by atoms with Gasteiger partial charge in [-0.1, -0.05) is 13.3 Å². The maximum atomic E-state index is 10.8. The summed E-state index contributed by atoms with van der Waals surface area (Å²) in [5.41, 5.74) is 0.816. The summed E-state index contributed by atoms with van der Waals surface area (Å²) in [4.78, 5) is 10.8. The van der Waals surface area contributed by atoms with E-state index in [0.29, 0.717) is 5.11 Å². The van der Waals surface area contributed by atoms with Gasteiger partial charge in [-0.15, -0.1) is 0 Å². The van der Waals surface area contributed by atoms with Gasteiger partial charge in [0.05, 0.1) is 6.61 Å². The summed E-state index contributed by atoms with van der Waals surface area (Å²) < 4.78 is 5.54. The molecular weight excluding hydrogens is 248 g/mol. The molecule has 0 radical (unpaired) electrons. The van der Waals surface area contributed by atoms with Crippen molar-refractivity contribution in [1.29, 1.82) is 0 Å². The van der Waals surface area contributed by atoms with E-state index in [2.05, 4.69) is 17.6 Å². The van der Waals surface area contributed by atoms with E-state index in [1.807, 2.05) is 24.3 Å². The van der Waals surface area contributed by atoms with E-state index < -0.39 is 0 Å². The molecule has 0 fully saturated rings. The van der Waals surface area contributed by atoms with Crippen LogP contribution in [0, 0.1) is 0 Å². The summed E-state index contributed by atoms with van der Waals surface area (Å²) >= 11 is 4.96. The van der Waals surface area contributed by atoms with Crippen molar-refractivity contribution < 1.29 is 9.53 Å². The van der Waals surface area contributed by atoms with Gasteiger partial charge in [-0.2, -0.15) is 0 Å². The van der Waals surface area contributed by atoms with Gasteiger partial charge in [0, 0.05) is 12.6 Å². The Balaban J connectivity index is 2.44. The van der Waals surface area contributed by atoms with E-state index in [9.17, 15) is 4.79 Å².